The molecule has 1 aliphatic heterocycles. The monoisotopic (exact) mass is 287 g/mol. The molecule has 2 rings (SSSR count). The first-order chi connectivity index (χ1) is 7.66. The zero-order valence-electron chi connectivity index (χ0n) is 8.97. The summed E-state index contributed by atoms with van der Waals surface area (Å²) in [7, 11) is 0. The number of halogens is 2. The molecule has 0 saturated carbocycles. The molecule has 1 atom stereocenters. The normalized spacial score (nSPS) is 21.0. The summed E-state index contributed by atoms with van der Waals surface area (Å²) in [4.78, 5) is 0. The van der Waals surface area contributed by atoms with Gasteiger partial charge in [-0.3, -0.25) is 0 Å². The molecule has 88 valence electrons. The van der Waals surface area contributed by atoms with Gasteiger partial charge in [-0.1, -0.05) is 0 Å². The second-order valence-corrected chi connectivity index (χ2v) is 5.17. The number of phenols is 1. The standard InChI is InChI=1S/C12H15BrFNO/c13-10-5-9(12(16)6-11(10)14)4-8-2-1-3-15-7-8/h5-6,8,15-16H,1-4,7H2. The van der Waals surface area contributed by atoms with Crippen LogP contribution in [0.1, 0.15) is 18.4 Å². The Kier molecular flexibility index (Phi) is 3.82. The largest absolute Gasteiger partial charge is 0.508 e. The van der Waals surface area contributed by atoms with E-state index in [0.717, 1.165) is 25.1 Å². The third kappa shape index (κ3) is 2.74. The minimum Gasteiger partial charge on any atom is -0.508 e. The predicted molar refractivity (Wildman–Crippen MR) is 65.1 cm³/mol. The van der Waals surface area contributed by atoms with Gasteiger partial charge in [-0.15, -0.1) is 0 Å². The van der Waals surface area contributed by atoms with Crippen LogP contribution >= 0.6 is 15.9 Å². The highest BCUT2D eigenvalue weighted by Gasteiger charge is 2.16. The quantitative estimate of drug-likeness (QED) is 0.877. The number of rotatable bonds is 2. The number of hydrogen-bond acceptors (Lipinski definition) is 2. The van der Waals surface area contributed by atoms with Gasteiger partial charge in [-0.2, -0.15) is 0 Å². The highest BCUT2D eigenvalue weighted by molar-refractivity contribution is 9.10. The van der Waals surface area contributed by atoms with E-state index in [1.165, 1.54) is 18.9 Å². The molecular weight excluding hydrogens is 273 g/mol. The van der Waals surface area contributed by atoms with Gasteiger partial charge in [0.05, 0.1) is 4.47 Å². The second kappa shape index (κ2) is 5.15. The number of piperidine rings is 1. The molecule has 1 unspecified atom stereocenters. The maximum absolute atomic E-state index is 13.1. The zero-order chi connectivity index (χ0) is 11.5. The third-order valence-corrected chi connectivity index (χ3v) is 3.64. The van der Waals surface area contributed by atoms with E-state index in [9.17, 15) is 9.50 Å². The van der Waals surface area contributed by atoms with Gasteiger partial charge in [0.1, 0.15) is 11.6 Å². The fourth-order valence-electron chi connectivity index (χ4n) is 2.15. The van der Waals surface area contributed by atoms with Crippen molar-refractivity contribution in [2.75, 3.05) is 13.1 Å². The van der Waals surface area contributed by atoms with Crippen molar-refractivity contribution >= 4 is 15.9 Å². The molecule has 1 aromatic rings. The Morgan fingerprint density at radius 2 is 2.31 bits per heavy atom. The molecule has 0 aromatic heterocycles. The average molecular weight is 288 g/mol. The third-order valence-electron chi connectivity index (χ3n) is 3.03. The first-order valence-corrected chi connectivity index (χ1v) is 6.33. The Balaban J connectivity index is 2.11. The lowest BCUT2D eigenvalue weighted by atomic mass is 9.92. The molecule has 0 spiro atoms. The molecule has 16 heavy (non-hydrogen) atoms. The van der Waals surface area contributed by atoms with Crippen molar-refractivity contribution in [2.24, 2.45) is 5.92 Å². The summed E-state index contributed by atoms with van der Waals surface area (Å²) in [5, 5.41) is 13.0. The van der Waals surface area contributed by atoms with Crippen LogP contribution in [0.15, 0.2) is 16.6 Å². The topological polar surface area (TPSA) is 32.3 Å². The lowest BCUT2D eigenvalue weighted by Gasteiger charge is -2.23. The fourth-order valence-corrected chi connectivity index (χ4v) is 2.54. The molecule has 0 amide bonds. The number of hydrogen-bond donors (Lipinski definition) is 2. The molecule has 1 aromatic carbocycles. The number of nitrogens with one attached hydrogen (secondary N) is 1. The Hall–Kier alpha value is -0.610. The van der Waals surface area contributed by atoms with Crippen LogP contribution in [0, 0.1) is 11.7 Å². The van der Waals surface area contributed by atoms with Crippen LogP contribution in [0.5, 0.6) is 5.75 Å². The van der Waals surface area contributed by atoms with Crippen molar-refractivity contribution < 1.29 is 9.50 Å². The highest BCUT2D eigenvalue weighted by Crippen LogP contribution is 2.28. The second-order valence-electron chi connectivity index (χ2n) is 4.31. The van der Waals surface area contributed by atoms with E-state index < -0.39 is 5.82 Å². The molecule has 0 radical (unpaired) electrons. The van der Waals surface area contributed by atoms with Crippen LogP contribution in [0.2, 0.25) is 0 Å². The van der Waals surface area contributed by atoms with E-state index in [1.807, 2.05) is 0 Å². The van der Waals surface area contributed by atoms with Crippen LogP contribution in [0.4, 0.5) is 4.39 Å². The molecule has 1 heterocycles. The first-order valence-electron chi connectivity index (χ1n) is 5.54. The van der Waals surface area contributed by atoms with E-state index in [2.05, 4.69) is 21.2 Å². The maximum Gasteiger partial charge on any atom is 0.141 e. The van der Waals surface area contributed by atoms with Crippen molar-refractivity contribution in [2.45, 2.75) is 19.3 Å². The smallest absolute Gasteiger partial charge is 0.141 e. The molecule has 0 aliphatic carbocycles. The molecule has 1 saturated heterocycles. The molecule has 2 N–H and O–H groups in total. The van der Waals surface area contributed by atoms with Gasteiger partial charge in [0.15, 0.2) is 0 Å². The van der Waals surface area contributed by atoms with Crippen LogP contribution in [0.3, 0.4) is 0 Å². The van der Waals surface area contributed by atoms with Crippen molar-refractivity contribution in [3.8, 4) is 5.75 Å². The fraction of sp³-hybridized carbons (Fsp3) is 0.500. The molecule has 4 heteroatoms. The molecule has 0 bridgehead atoms. The summed E-state index contributed by atoms with van der Waals surface area (Å²) in [6.45, 7) is 2.06. The molecule has 1 fully saturated rings. The maximum atomic E-state index is 13.1. The van der Waals surface area contributed by atoms with E-state index in [4.69, 9.17) is 0 Å². The van der Waals surface area contributed by atoms with Gasteiger partial charge in [0.2, 0.25) is 0 Å². The van der Waals surface area contributed by atoms with Gasteiger partial charge in [-0.25, -0.2) is 4.39 Å². The van der Waals surface area contributed by atoms with Gasteiger partial charge < -0.3 is 10.4 Å². The van der Waals surface area contributed by atoms with E-state index in [-0.39, 0.29) is 5.75 Å². The summed E-state index contributed by atoms with van der Waals surface area (Å²) in [5.41, 5.74) is 0.821. The van der Waals surface area contributed by atoms with Crippen LogP contribution in [0.25, 0.3) is 0 Å². The Labute approximate surface area is 103 Å². The summed E-state index contributed by atoms with van der Waals surface area (Å²) < 4.78 is 13.5. The van der Waals surface area contributed by atoms with E-state index >= 15 is 0 Å². The van der Waals surface area contributed by atoms with Crippen molar-refractivity contribution in [3.05, 3.63) is 28.0 Å². The van der Waals surface area contributed by atoms with E-state index in [0.29, 0.717) is 10.4 Å². The Morgan fingerprint density at radius 3 is 3.00 bits per heavy atom. The van der Waals surface area contributed by atoms with Crippen molar-refractivity contribution in [1.82, 2.24) is 5.32 Å². The van der Waals surface area contributed by atoms with Gasteiger partial charge >= 0.3 is 0 Å². The van der Waals surface area contributed by atoms with Gasteiger partial charge in [-0.05, 0) is 65.8 Å². The van der Waals surface area contributed by atoms with Crippen LogP contribution < -0.4 is 5.32 Å². The van der Waals surface area contributed by atoms with Crippen LogP contribution in [-0.4, -0.2) is 18.2 Å². The summed E-state index contributed by atoms with van der Waals surface area (Å²) in [5.74, 6) is 0.186. The average Bonchev–Trinajstić information content (AvgIpc) is 2.27. The number of benzene rings is 1. The van der Waals surface area contributed by atoms with Gasteiger partial charge in [0.25, 0.3) is 0 Å². The SMILES string of the molecule is Oc1cc(F)c(Br)cc1CC1CCCNC1. The molecule has 2 nitrogen and oxygen atoms in total. The summed E-state index contributed by atoms with van der Waals surface area (Å²) >= 11 is 3.14. The van der Waals surface area contributed by atoms with Gasteiger partial charge in [0, 0.05) is 6.07 Å². The minimum absolute atomic E-state index is 0.0614. The summed E-state index contributed by atoms with van der Waals surface area (Å²) in [6.07, 6.45) is 3.15. The molecular formula is C12H15BrFNO. The van der Waals surface area contributed by atoms with Crippen LogP contribution in [-0.2, 0) is 6.42 Å². The van der Waals surface area contributed by atoms with Crippen molar-refractivity contribution in [1.29, 1.82) is 0 Å². The number of aromatic hydroxyl groups is 1. The Morgan fingerprint density at radius 1 is 1.50 bits per heavy atom. The van der Waals surface area contributed by atoms with E-state index in [1.54, 1.807) is 6.07 Å². The zero-order valence-corrected chi connectivity index (χ0v) is 10.6. The lowest BCUT2D eigenvalue weighted by Crippen LogP contribution is -2.30. The highest BCUT2D eigenvalue weighted by atomic mass is 79.9. The first kappa shape index (κ1) is 11.9. The Bertz CT molecular complexity index is 378. The molecule has 1 aliphatic rings. The number of phenolic OH excluding ortho intramolecular Hbond substituents is 1. The van der Waals surface area contributed by atoms with Crippen molar-refractivity contribution in [3.63, 3.8) is 0 Å². The predicted octanol–water partition coefficient (Wildman–Crippen LogP) is 2.84. The summed E-state index contributed by atoms with van der Waals surface area (Å²) in [6, 6.07) is 2.86. The lowest BCUT2D eigenvalue weighted by molar-refractivity contribution is 0.369. The minimum atomic E-state index is -0.414.